The monoisotopic (exact) mass is 545 g/mol. The van der Waals surface area contributed by atoms with Crippen molar-refractivity contribution in [2.75, 3.05) is 13.2 Å². The van der Waals surface area contributed by atoms with Gasteiger partial charge in [0.05, 0.1) is 22.9 Å². The lowest BCUT2D eigenvalue weighted by atomic mass is 9.60. The van der Waals surface area contributed by atoms with Gasteiger partial charge in [0.25, 0.3) is 11.8 Å². The second kappa shape index (κ2) is 10.3. The molecule has 0 spiro atoms. The summed E-state index contributed by atoms with van der Waals surface area (Å²) in [4.78, 5) is 28.3. The predicted molar refractivity (Wildman–Crippen MR) is 122 cm³/mol. The molecule has 2 bridgehead atoms. The van der Waals surface area contributed by atoms with Crippen LogP contribution in [0.5, 0.6) is 11.5 Å². The summed E-state index contributed by atoms with van der Waals surface area (Å²) >= 11 is 5.63. The first kappa shape index (κ1) is 26.9. The molecule has 0 aliphatic heterocycles. The number of halogens is 5. The number of aliphatic hydroxyl groups is 1. The Labute approximate surface area is 214 Å². The normalized spacial score (nSPS) is 24.9. The zero-order valence-corrected chi connectivity index (χ0v) is 20.2. The fourth-order valence-corrected chi connectivity index (χ4v) is 4.92. The summed E-state index contributed by atoms with van der Waals surface area (Å²) in [6.07, 6.45) is -2.64. The Morgan fingerprint density at radius 2 is 1.65 bits per heavy atom. The fourth-order valence-electron chi connectivity index (χ4n) is 4.81. The third-order valence-corrected chi connectivity index (χ3v) is 7.08. The van der Waals surface area contributed by atoms with Gasteiger partial charge in [-0.25, -0.2) is 9.37 Å². The summed E-state index contributed by atoms with van der Waals surface area (Å²) in [5, 5.41) is 16.5. The molecule has 5 rings (SSSR count). The van der Waals surface area contributed by atoms with Crippen molar-refractivity contribution in [3.63, 3.8) is 0 Å². The van der Waals surface area contributed by atoms with Crippen molar-refractivity contribution in [3.05, 3.63) is 53.1 Å². The van der Waals surface area contributed by atoms with Crippen LogP contribution in [0.25, 0.3) is 0 Å². The maximum absolute atomic E-state index is 13.5. The Balaban J connectivity index is 1.26. The van der Waals surface area contributed by atoms with E-state index in [0.29, 0.717) is 25.7 Å². The van der Waals surface area contributed by atoms with Crippen LogP contribution in [-0.4, -0.2) is 52.3 Å². The third kappa shape index (κ3) is 6.24. The predicted octanol–water partition coefficient (Wildman–Crippen LogP) is 3.40. The minimum atomic E-state index is -4.57. The number of alkyl halides is 3. The molecule has 37 heavy (non-hydrogen) atoms. The van der Waals surface area contributed by atoms with E-state index in [-0.39, 0.29) is 29.5 Å². The van der Waals surface area contributed by atoms with Crippen molar-refractivity contribution in [2.45, 2.75) is 55.5 Å². The van der Waals surface area contributed by atoms with Gasteiger partial charge >= 0.3 is 6.18 Å². The van der Waals surface area contributed by atoms with E-state index in [2.05, 4.69) is 15.6 Å². The van der Waals surface area contributed by atoms with Gasteiger partial charge in [-0.05, 0) is 56.4 Å². The van der Waals surface area contributed by atoms with Crippen molar-refractivity contribution in [2.24, 2.45) is 0 Å². The highest BCUT2D eigenvalue weighted by molar-refractivity contribution is 6.30. The topological polar surface area (TPSA) is 110 Å². The van der Waals surface area contributed by atoms with Crippen LogP contribution in [0.15, 0.2) is 36.5 Å². The first-order valence-corrected chi connectivity index (χ1v) is 11.8. The SMILES string of the molecule is O=C(COc1ccc(C(F)(F)F)nc1)NC12CCC(NC(=O)COc3ccc(Cl)c(F)c3)(CC1)[C@@H](O)C2. The lowest BCUT2D eigenvalue weighted by molar-refractivity contribution is -0.141. The quantitative estimate of drug-likeness (QED) is 0.439. The number of nitrogens with zero attached hydrogens (tertiary/aromatic N) is 1. The first-order chi connectivity index (χ1) is 17.4. The number of aliphatic hydroxyl groups excluding tert-OH is 1. The Morgan fingerprint density at radius 1 is 1.03 bits per heavy atom. The van der Waals surface area contributed by atoms with E-state index in [1.54, 1.807) is 0 Å². The summed E-state index contributed by atoms with van der Waals surface area (Å²) in [5.74, 6) is -1.50. The number of carbonyl (C=O) groups is 2. The van der Waals surface area contributed by atoms with Crippen molar-refractivity contribution in [1.82, 2.24) is 15.6 Å². The minimum absolute atomic E-state index is 0.0123. The van der Waals surface area contributed by atoms with Crippen molar-refractivity contribution >= 4 is 23.4 Å². The van der Waals surface area contributed by atoms with Crippen LogP contribution in [-0.2, 0) is 15.8 Å². The van der Waals surface area contributed by atoms with E-state index < -0.39 is 53.3 Å². The van der Waals surface area contributed by atoms with Gasteiger partial charge in [-0.15, -0.1) is 0 Å². The van der Waals surface area contributed by atoms with Crippen LogP contribution in [0.4, 0.5) is 17.6 Å². The summed E-state index contributed by atoms with van der Waals surface area (Å²) in [5.41, 5.74) is -2.63. The van der Waals surface area contributed by atoms with Crippen LogP contribution in [0.1, 0.15) is 37.8 Å². The number of carbonyl (C=O) groups excluding carboxylic acids is 2. The van der Waals surface area contributed by atoms with Gasteiger partial charge in [0.2, 0.25) is 0 Å². The van der Waals surface area contributed by atoms with Gasteiger partial charge in [-0.3, -0.25) is 9.59 Å². The number of aromatic nitrogens is 1. The molecule has 1 atom stereocenters. The molecular weight excluding hydrogens is 522 g/mol. The smallest absolute Gasteiger partial charge is 0.433 e. The van der Waals surface area contributed by atoms with E-state index in [1.807, 2.05) is 0 Å². The summed E-state index contributed by atoms with van der Waals surface area (Å²) in [7, 11) is 0. The number of amides is 2. The Bertz CT molecular complexity index is 1150. The number of pyridine rings is 1. The molecule has 2 amide bonds. The molecular formula is C24H24ClF4N3O5. The Hall–Kier alpha value is -3.12. The second-order valence-electron chi connectivity index (χ2n) is 9.28. The van der Waals surface area contributed by atoms with Crippen LogP contribution in [0.2, 0.25) is 5.02 Å². The molecule has 0 radical (unpaired) electrons. The molecule has 1 aromatic heterocycles. The summed E-state index contributed by atoms with van der Waals surface area (Å²) in [6.45, 7) is -0.817. The number of hydrogen-bond acceptors (Lipinski definition) is 6. The molecule has 13 heteroatoms. The van der Waals surface area contributed by atoms with Gasteiger partial charge in [0.1, 0.15) is 23.0 Å². The summed E-state index contributed by atoms with van der Waals surface area (Å²) < 4.78 is 61.9. The van der Waals surface area contributed by atoms with E-state index >= 15 is 0 Å². The van der Waals surface area contributed by atoms with Crippen molar-refractivity contribution < 1.29 is 41.7 Å². The molecule has 3 N–H and O–H groups in total. The largest absolute Gasteiger partial charge is 0.484 e. The van der Waals surface area contributed by atoms with Gasteiger partial charge in [-0.2, -0.15) is 13.2 Å². The van der Waals surface area contributed by atoms with Crippen LogP contribution < -0.4 is 20.1 Å². The maximum Gasteiger partial charge on any atom is 0.433 e. The standard InChI is InChI=1S/C24H24ClF4N3O5/c25-16-3-1-14(9-17(16)26)36-13-21(35)32-23-7-5-22(6-8-23,10-19(23)33)31-20(34)12-37-15-2-4-18(30-11-15)24(27,28)29/h1-4,9,11,19,33H,5-8,10,12-13H2,(H,31,34)(H,32,35)/t19-,22?,23?/m0/s1. The molecule has 3 aliphatic carbocycles. The van der Waals surface area contributed by atoms with Gasteiger partial charge in [0, 0.05) is 11.6 Å². The van der Waals surface area contributed by atoms with Crippen molar-refractivity contribution in [1.29, 1.82) is 0 Å². The molecule has 0 saturated heterocycles. The average molecular weight is 546 g/mol. The van der Waals surface area contributed by atoms with Crippen LogP contribution >= 0.6 is 11.6 Å². The van der Waals surface area contributed by atoms with E-state index in [1.165, 1.54) is 12.1 Å². The average Bonchev–Trinajstić information content (AvgIpc) is 2.84. The molecule has 1 heterocycles. The number of fused-ring (bicyclic) bond motifs is 3. The van der Waals surface area contributed by atoms with Gasteiger partial charge in [-0.1, -0.05) is 11.6 Å². The number of benzene rings is 1. The third-order valence-electron chi connectivity index (χ3n) is 6.77. The van der Waals surface area contributed by atoms with Crippen LogP contribution in [0, 0.1) is 5.82 Å². The van der Waals surface area contributed by atoms with E-state index in [0.717, 1.165) is 24.4 Å². The van der Waals surface area contributed by atoms with E-state index in [9.17, 15) is 32.3 Å². The second-order valence-corrected chi connectivity index (χ2v) is 9.69. The molecule has 2 aromatic rings. The Kier molecular flexibility index (Phi) is 7.52. The lowest BCUT2D eigenvalue weighted by Crippen LogP contribution is -2.70. The van der Waals surface area contributed by atoms with Crippen molar-refractivity contribution in [3.8, 4) is 11.5 Å². The molecule has 8 nitrogen and oxygen atoms in total. The highest BCUT2D eigenvalue weighted by Gasteiger charge is 2.55. The highest BCUT2D eigenvalue weighted by atomic mass is 35.5. The fraction of sp³-hybridized carbons (Fsp3) is 0.458. The molecule has 3 aliphatic rings. The number of ether oxygens (including phenoxy) is 2. The first-order valence-electron chi connectivity index (χ1n) is 11.4. The molecule has 0 unspecified atom stereocenters. The van der Waals surface area contributed by atoms with Gasteiger partial charge < -0.3 is 25.2 Å². The molecule has 200 valence electrons. The molecule has 3 saturated carbocycles. The lowest BCUT2D eigenvalue weighted by Gasteiger charge is -2.56. The number of hydrogen-bond donors (Lipinski definition) is 3. The highest BCUT2D eigenvalue weighted by Crippen LogP contribution is 2.47. The zero-order chi connectivity index (χ0) is 26.8. The van der Waals surface area contributed by atoms with Crippen LogP contribution in [0.3, 0.4) is 0 Å². The Morgan fingerprint density at radius 3 is 2.22 bits per heavy atom. The molecule has 1 aromatic carbocycles. The summed E-state index contributed by atoms with van der Waals surface area (Å²) in [6, 6.07) is 5.66. The number of nitrogens with one attached hydrogen (secondary N) is 2. The van der Waals surface area contributed by atoms with Gasteiger partial charge in [0.15, 0.2) is 13.2 Å². The maximum atomic E-state index is 13.5. The zero-order valence-electron chi connectivity index (χ0n) is 19.4. The molecule has 3 fully saturated rings. The van der Waals surface area contributed by atoms with E-state index in [4.69, 9.17) is 21.1 Å². The number of rotatable bonds is 8. The minimum Gasteiger partial charge on any atom is -0.484 e.